The molecule has 3 saturated carbocycles. The number of carbonyl (C=O) groups is 1. The fourth-order valence-corrected chi connectivity index (χ4v) is 7.56. The van der Waals surface area contributed by atoms with Crippen molar-refractivity contribution in [3.63, 3.8) is 0 Å². The maximum Gasteiger partial charge on any atom is 0.336 e. The largest absolute Gasteiger partial charge is 0.478 e. The number of rotatable bonds is 11. The topological polar surface area (TPSA) is 84.9 Å². The highest BCUT2D eigenvalue weighted by atomic mass is 35.5. The van der Waals surface area contributed by atoms with Crippen molar-refractivity contribution < 1.29 is 9.90 Å². The van der Waals surface area contributed by atoms with E-state index >= 15 is 0 Å². The predicted octanol–water partition coefficient (Wildman–Crippen LogP) is 9.35. The Hall–Kier alpha value is -2.82. The first-order valence-electron chi connectivity index (χ1n) is 14.4. The summed E-state index contributed by atoms with van der Waals surface area (Å²) < 4.78 is 0. The van der Waals surface area contributed by atoms with Crippen LogP contribution in [0.4, 0.5) is 0 Å². The number of unbranched alkanes of at least 4 members (excludes halogenated alkanes) is 4. The molecule has 4 nitrogen and oxygen atoms in total. The van der Waals surface area contributed by atoms with Gasteiger partial charge in [-0.2, -0.15) is 10.5 Å². The van der Waals surface area contributed by atoms with Crippen molar-refractivity contribution >= 4 is 17.6 Å². The maximum atomic E-state index is 12.3. The third-order valence-electron chi connectivity index (χ3n) is 9.49. The molecule has 3 aliphatic carbocycles. The van der Waals surface area contributed by atoms with Gasteiger partial charge in [0.05, 0.1) is 21.7 Å². The number of aromatic carboxylic acids is 1. The van der Waals surface area contributed by atoms with Gasteiger partial charge in [-0.15, -0.1) is 0 Å². The Morgan fingerprint density at radius 2 is 1.53 bits per heavy atom. The fraction of sp³-hybridized carbons (Fsp3) is 0.545. The van der Waals surface area contributed by atoms with Gasteiger partial charge < -0.3 is 5.11 Å². The van der Waals surface area contributed by atoms with E-state index in [9.17, 15) is 20.4 Å². The summed E-state index contributed by atoms with van der Waals surface area (Å²) in [7, 11) is 0. The summed E-state index contributed by atoms with van der Waals surface area (Å²) in [6, 6.07) is 11.7. The molecule has 2 bridgehead atoms. The summed E-state index contributed by atoms with van der Waals surface area (Å²) in [6.45, 7) is 4.38. The number of fused-ring (bicyclic) bond motifs is 3. The van der Waals surface area contributed by atoms with E-state index in [0.717, 1.165) is 49.7 Å². The van der Waals surface area contributed by atoms with Crippen LogP contribution in [0.3, 0.4) is 0 Å². The van der Waals surface area contributed by atoms with Crippen molar-refractivity contribution in [1.29, 1.82) is 10.5 Å². The van der Waals surface area contributed by atoms with Crippen LogP contribution >= 0.6 is 11.6 Å². The number of carboxylic acid groups (broad SMARTS) is 1. The van der Waals surface area contributed by atoms with Gasteiger partial charge in [0.2, 0.25) is 0 Å². The van der Waals surface area contributed by atoms with Crippen LogP contribution in [-0.4, -0.2) is 11.1 Å². The number of benzene rings is 2. The first kappa shape index (κ1) is 28.2. The van der Waals surface area contributed by atoms with Crippen LogP contribution < -0.4 is 0 Å². The van der Waals surface area contributed by atoms with E-state index < -0.39 is 5.97 Å². The molecule has 0 aliphatic heterocycles. The van der Waals surface area contributed by atoms with Crippen LogP contribution in [0.2, 0.25) is 5.02 Å². The molecule has 3 aliphatic rings. The molecule has 200 valence electrons. The maximum absolute atomic E-state index is 12.3. The zero-order valence-corrected chi connectivity index (χ0v) is 23.6. The smallest absolute Gasteiger partial charge is 0.336 e. The van der Waals surface area contributed by atoms with Crippen molar-refractivity contribution in [1.82, 2.24) is 0 Å². The highest BCUT2D eigenvalue weighted by Crippen LogP contribution is 2.61. The number of carboxylic acids is 1. The number of hydrogen-bond acceptors (Lipinski definition) is 3. The van der Waals surface area contributed by atoms with E-state index in [0.29, 0.717) is 33.5 Å². The van der Waals surface area contributed by atoms with Crippen LogP contribution in [-0.2, 0) is 11.8 Å². The lowest BCUT2D eigenvalue weighted by Crippen LogP contribution is -2.44. The van der Waals surface area contributed by atoms with Gasteiger partial charge in [-0.1, -0.05) is 75.8 Å². The molecule has 2 aromatic rings. The standard InChI is InChI=1S/C33H39ClN2O2/c1-3-5-7-9-23-10-11-24(27(22-36)26(23)21-35)29-25(31(37)38)12-13-28(30(29)34)33-18-15-32(16-19-33,17-20-33)14-8-6-4-2/h10-13H,3-9,14-20H2,1-2H3,(H,37,38). The Morgan fingerprint density at radius 1 is 0.895 bits per heavy atom. The van der Waals surface area contributed by atoms with Crippen molar-refractivity contribution in [3.8, 4) is 23.3 Å². The molecule has 0 unspecified atom stereocenters. The molecule has 3 fully saturated rings. The number of hydrogen-bond donors (Lipinski definition) is 1. The Balaban J connectivity index is 1.77. The lowest BCUT2D eigenvalue weighted by molar-refractivity contribution is 0.0306. The number of nitriles is 2. The zero-order chi connectivity index (χ0) is 27.3. The molecule has 2 aromatic carbocycles. The second-order valence-electron chi connectivity index (χ2n) is 11.6. The molecule has 0 spiro atoms. The Morgan fingerprint density at radius 3 is 2.11 bits per heavy atom. The lowest BCUT2D eigenvalue weighted by Gasteiger charge is -2.54. The van der Waals surface area contributed by atoms with E-state index in [-0.39, 0.29) is 16.5 Å². The third kappa shape index (κ3) is 5.21. The first-order valence-corrected chi connectivity index (χ1v) is 14.8. The molecule has 38 heavy (non-hydrogen) atoms. The van der Waals surface area contributed by atoms with Crippen molar-refractivity contribution in [2.24, 2.45) is 5.41 Å². The molecule has 0 radical (unpaired) electrons. The summed E-state index contributed by atoms with van der Waals surface area (Å²) in [5.41, 5.74) is 3.71. The number of halogens is 1. The van der Waals surface area contributed by atoms with Crippen molar-refractivity contribution in [2.45, 2.75) is 109 Å². The van der Waals surface area contributed by atoms with Gasteiger partial charge in [-0.25, -0.2) is 4.79 Å². The Kier molecular flexibility index (Phi) is 8.85. The van der Waals surface area contributed by atoms with Crippen LogP contribution in [0.5, 0.6) is 0 Å². The van der Waals surface area contributed by atoms with E-state index in [1.54, 1.807) is 12.1 Å². The summed E-state index contributed by atoms with van der Waals surface area (Å²) in [5, 5.41) is 30.7. The Labute approximate surface area is 232 Å². The normalized spacial score (nSPS) is 22.1. The molecule has 0 heterocycles. The highest BCUT2D eigenvalue weighted by molar-refractivity contribution is 6.35. The van der Waals surface area contributed by atoms with Crippen LogP contribution in [0.15, 0.2) is 24.3 Å². The third-order valence-corrected chi connectivity index (χ3v) is 9.88. The second kappa shape index (κ2) is 11.9. The van der Waals surface area contributed by atoms with E-state index in [1.165, 1.54) is 44.9 Å². The molecular weight excluding hydrogens is 492 g/mol. The van der Waals surface area contributed by atoms with Gasteiger partial charge in [-0.05, 0) is 85.8 Å². The van der Waals surface area contributed by atoms with E-state index in [4.69, 9.17) is 11.6 Å². The van der Waals surface area contributed by atoms with Gasteiger partial charge in [0, 0.05) is 11.1 Å². The predicted molar refractivity (Wildman–Crippen MR) is 152 cm³/mol. The number of aryl methyl sites for hydroxylation is 1. The van der Waals surface area contributed by atoms with E-state index in [1.807, 2.05) is 12.1 Å². The first-order chi connectivity index (χ1) is 18.3. The van der Waals surface area contributed by atoms with Gasteiger partial charge in [0.15, 0.2) is 0 Å². The van der Waals surface area contributed by atoms with Crippen molar-refractivity contribution in [2.75, 3.05) is 0 Å². The fourth-order valence-electron chi connectivity index (χ4n) is 7.09. The highest BCUT2D eigenvalue weighted by Gasteiger charge is 2.49. The monoisotopic (exact) mass is 530 g/mol. The van der Waals surface area contributed by atoms with Gasteiger partial charge in [0.1, 0.15) is 12.1 Å². The minimum Gasteiger partial charge on any atom is -0.478 e. The van der Waals surface area contributed by atoms with Crippen LogP contribution in [0.1, 0.15) is 130 Å². The summed E-state index contributed by atoms with van der Waals surface area (Å²) in [5.74, 6) is -1.08. The average Bonchev–Trinajstić information content (AvgIpc) is 2.93. The number of nitrogens with zero attached hydrogens (tertiary/aromatic N) is 2. The molecule has 5 rings (SSSR count). The zero-order valence-electron chi connectivity index (χ0n) is 22.8. The van der Waals surface area contributed by atoms with Crippen LogP contribution in [0.25, 0.3) is 11.1 Å². The average molecular weight is 531 g/mol. The molecule has 5 heteroatoms. The van der Waals surface area contributed by atoms with E-state index in [2.05, 4.69) is 26.0 Å². The van der Waals surface area contributed by atoms with Gasteiger partial charge in [-0.3, -0.25) is 0 Å². The minimum atomic E-state index is -1.08. The lowest BCUT2D eigenvalue weighted by atomic mass is 9.50. The minimum absolute atomic E-state index is 0.0552. The molecular formula is C33H39ClN2O2. The summed E-state index contributed by atoms with van der Waals surface area (Å²) in [4.78, 5) is 12.3. The SMILES string of the molecule is CCCCCc1ccc(-c2c(C(=O)O)ccc(C34CCC(CCCCC)(CC3)CC4)c2Cl)c(C#N)c1C#N. The second-order valence-corrected chi connectivity index (χ2v) is 12.0. The quantitative estimate of drug-likeness (QED) is 0.293. The summed E-state index contributed by atoms with van der Waals surface area (Å²) >= 11 is 7.16. The molecule has 0 saturated heterocycles. The summed E-state index contributed by atoms with van der Waals surface area (Å²) in [6.07, 6.45) is 15.7. The Bertz CT molecular complexity index is 1260. The van der Waals surface area contributed by atoms with Crippen LogP contribution in [0, 0.1) is 28.1 Å². The molecule has 0 amide bonds. The molecule has 0 aromatic heterocycles. The molecule has 0 atom stereocenters. The van der Waals surface area contributed by atoms with Crippen molar-refractivity contribution in [3.05, 3.63) is 57.1 Å². The van der Waals surface area contributed by atoms with Gasteiger partial charge in [0.25, 0.3) is 0 Å². The molecule has 1 N–H and O–H groups in total. The van der Waals surface area contributed by atoms with Gasteiger partial charge >= 0.3 is 5.97 Å².